The van der Waals surface area contributed by atoms with Crippen LogP contribution in [0.3, 0.4) is 0 Å². The molecule has 2 heterocycles. The Balaban J connectivity index is 1.93. The van der Waals surface area contributed by atoms with Crippen LogP contribution in [0.1, 0.15) is 25.3 Å². The van der Waals surface area contributed by atoms with E-state index in [9.17, 15) is 0 Å². The first-order valence-electron chi connectivity index (χ1n) is 7.21. The van der Waals surface area contributed by atoms with Gasteiger partial charge in [-0.05, 0) is 44.1 Å². The van der Waals surface area contributed by atoms with E-state index in [0.717, 1.165) is 32.7 Å². The van der Waals surface area contributed by atoms with Gasteiger partial charge in [0, 0.05) is 37.6 Å². The van der Waals surface area contributed by atoms with Gasteiger partial charge in [0.2, 0.25) is 0 Å². The zero-order valence-electron chi connectivity index (χ0n) is 12.0. The molecule has 1 saturated heterocycles. The molecule has 1 aliphatic rings. The molecule has 19 heavy (non-hydrogen) atoms. The Labute approximate surface area is 116 Å². The number of hydrogen-bond donors (Lipinski definition) is 1. The maximum atomic E-state index is 5.66. The summed E-state index contributed by atoms with van der Waals surface area (Å²) in [5.41, 5.74) is 1.30. The van der Waals surface area contributed by atoms with Crippen LogP contribution in [0, 0.1) is 0 Å². The fourth-order valence-corrected chi connectivity index (χ4v) is 2.62. The van der Waals surface area contributed by atoms with Gasteiger partial charge in [0.15, 0.2) is 0 Å². The molecular weight excluding hydrogens is 238 g/mol. The molecule has 1 aliphatic heterocycles. The van der Waals surface area contributed by atoms with Crippen LogP contribution < -0.4 is 5.32 Å². The lowest BCUT2D eigenvalue weighted by atomic mass is 10.0. The lowest BCUT2D eigenvalue weighted by Gasteiger charge is -2.38. The Morgan fingerprint density at radius 2 is 2.21 bits per heavy atom. The van der Waals surface area contributed by atoms with Crippen molar-refractivity contribution in [3.05, 3.63) is 30.1 Å². The van der Waals surface area contributed by atoms with Crippen molar-refractivity contribution in [3.63, 3.8) is 0 Å². The maximum Gasteiger partial charge on any atom is 0.0637 e. The highest BCUT2D eigenvalue weighted by Gasteiger charge is 2.28. The van der Waals surface area contributed by atoms with Crippen molar-refractivity contribution in [1.82, 2.24) is 15.2 Å². The number of pyridine rings is 1. The van der Waals surface area contributed by atoms with Crippen LogP contribution in [0.15, 0.2) is 24.5 Å². The molecule has 106 valence electrons. The topological polar surface area (TPSA) is 37.4 Å². The van der Waals surface area contributed by atoms with Gasteiger partial charge in [-0.2, -0.15) is 0 Å². The Morgan fingerprint density at radius 1 is 1.42 bits per heavy atom. The Hall–Kier alpha value is -0.970. The Morgan fingerprint density at radius 3 is 2.95 bits per heavy atom. The van der Waals surface area contributed by atoms with Gasteiger partial charge in [0.25, 0.3) is 0 Å². The zero-order chi connectivity index (χ0) is 13.5. The highest BCUT2D eigenvalue weighted by molar-refractivity contribution is 5.09. The molecule has 0 bridgehead atoms. The van der Waals surface area contributed by atoms with Crippen LogP contribution in [0.2, 0.25) is 0 Å². The van der Waals surface area contributed by atoms with Gasteiger partial charge in [0.1, 0.15) is 0 Å². The van der Waals surface area contributed by atoms with E-state index in [1.807, 2.05) is 12.4 Å². The molecule has 4 heteroatoms. The van der Waals surface area contributed by atoms with Crippen molar-refractivity contribution < 1.29 is 4.74 Å². The van der Waals surface area contributed by atoms with Crippen LogP contribution in [0.4, 0.5) is 0 Å². The molecule has 1 fully saturated rings. The van der Waals surface area contributed by atoms with Gasteiger partial charge in [-0.1, -0.05) is 6.92 Å². The van der Waals surface area contributed by atoms with Crippen molar-refractivity contribution in [2.75, 3.05) is 26.8 Å². The molecule has 1 aromatic rings. The quantitative estimate of drug-likeness (QED) is 0.847. The van der Waals surface area contributed by atoms with Crippen LogP contribution in [-0.2, 0) is 11.3 Å². The molecule has 0 aromatic carbocycles. The summed E-state index contributed by atoms with van der Waals surface area (Å²) >= 11 is 0. The lowest BCUT2D eigenvalue weighted by Crippen LogP contribution is -2.54. The third kappa shape index (κ3) is 4.27. The van der Waals surface area contributed by atoms with Crippen molar-refractivity contribution in [2.45, 2.75) is 38.4 Å². The summed E-state index contributed by atoms with van der Waals surface area (Å²) in [6.07, 6.45) is 5.99. The lowest BCUT2D eigenvalue weighted by molar-refractivity contribution is 0.00349. The minimum atomic E-state index is 0.452. The van der Waals surface area contributed by atoms with Crippen molar-refractivity contribution >= 4 is 0 Å². The average Bonchev–Trinajstić information content (AvgIpc) is 2.46. The van der Waals surface area contributed by atoms with Gasteiger partial charge in [-0.25, -0.2) is 0 Å². The minimum absolute atomic E-state index is 0.452. The molecular formula is C15H25N3O. The fraction of sp³-hybridized carbons (Fsp3) is 0.667. The van der Waals surface area contributed by atoms with E-state index in [1.54, 1.807) is 0 Å². The predicted octanol–water partition coefficient (Wildman–Crippen LogP) is 1.67. The van der Waals surface area contributed by atoms with E-state index in [0.29, 0.717) is 12.1 Å². The normalized spacial score (nSPS) is 23.7. The third-order valence-corrected chi connectivity index (χ3v) is 3.73. The van der Waals surface area contributed by atoms with Crippen LogP contribution >= 0.6 is 0 Å². The number of ether oxygens (including phenoxy) is 1. The monoisotopic (exact) mass is 263 g/mol. The van der Waals surface area contributed by atoms with Gasteiger partial charge in [-0.15, -0.1) is 0 Å². The molecule has 1 N–H and O–H groups in total. The van der Waals surface area contributed by atoms with Crippen molar-refractivity contribution in [3.8, 4) is 0 Å². The first kappa shape index (κ1) is 14.4. The third-order valence-electron chi connectivity index (χ3n) is 3.73. The summed E-state index contributed by atoms with van der Waals surface area (Å²) in [6.45, 7) is 5.94. The Kier molecular flexibility index (Phi) is 5.76. The van der Waals surface area contributed by atoms with E-state index in [-0.39, 0.29) is 0 Å². The minimum Gasteiger partial charge on any atom is -0.380 e. The number of likely N-dealkylation sites (N-methyl/N-ethyl adjacent to an activating group) is 1. The molecule has 0 radical (unpaired) electrons. The highest BCUT2D eigenvalue weighted by Crippen LogP contribution is 2.15. The standard InChI is InChI=1S/C15H25N3O/c1-3-7-17-14-6-10-19-12-15(14)18(2)11-13-4-8-16-9-5-13/h4-5,8-9,14-15,17H,3,6-7,10-12H2,1-2H3. The summed E-state index contributed by atoms with van der Waals surface area (Å²) in [5, 5.41) is 3.65. The second-order valence-electron chi connectivity index (χ2n) is 5.26. The van der Waals surface area contributed by atoms with Crippen molar-refractivity contribution in [1.29, 1.82) is 0 Å². The molecule has 4 nitrogen and oxygen atoms in total. The largest absolute Gasteiger partial charge is 0.380 e. The van der Waals surface area contributed by atoms with E-state index < -0.39 is 0 Å². The molecule has 0 aliphatic carbocycles. The molecule has 2 unspecified atom stereocenters. The van der Waals surface area contributed by atoms with Gasteiger partial charge in [-0.3, -0.25) is 9.88 Å². The predicted molar refractivity (Wildman–Crippen MR) is 77.0 cm³/mol. The summed E-state index contributed by atoms with van der Waals surface area (Å²) < 4.78 is 5.66. The summed E-state index contributed by atoms with van der Waals surface area (Å²) in [7, 11) is 2.18. The first-order chi connectivity index (χ1) is 9.31. The van der Waals surface area contributed by atoms with E-state index in [4.69, 9.17) is 4.74 Å². The number of aromatic nitrogens is 1. The SMILES string of the molecule is CCCNC1CCOCC1N(C)Cc1ccncc1. The van der Waals surface area contributed by atoms with Crippen LogP contribution in [-0.4, -0.2) is 48.8 Å². The van der Waals surface area contributed by atoms with Gasteiger partial charge in [0.05, 0.1) is 6.61 Å². The average molecular weight is 263 g/mol. The zero-order valence-corrected chi connectivity index (χ0v) is 12.0. The summed E-state index contributed by atoms with van der Waals surface area (Å²) in [5.74, 6) is 0. The smallest absolute Gasteiger partial charge is 0.0637 e. The molecule has 0 amide bonds. The fourth-order valence-electron chi connectivity index (χ4n) is 2.62. The molecule has 2 rings (SSSR count). The molecule has 1 aromatic heterocycles. The van der Waals surface area contributed by atoms with E-state index in [2.05, 4.69) is 41.3 Å². The van der Waals surface area contributed by atoms with E-state index >= 15 is 0 Å². The van der Waals surface area contributed by atoms with Gasteiger partial charge < -0.3 is 10.1 Å². The number of nitrogens with one attached hydrogen (secondary N) is 1. The molecule has 2 atom stereocenters. The first-order valence-corrected chi connectivity index (χ1v) is 7.21. The number of nitrogens with zero attached hydrogens (tertiary/aromatic N) is 2. The second kappa shape index (κ2) is 7.58. The summed E-state index contributed by atoms with van der Waals surface area (Å²) in [4.78, 5) is 6.46. The molecule has 0 spiro atoms. The van der Waals surface area contributed by atoms with Crippen LogP contribution in [0.25, 0.3) is 0 Å². The van der Waals surface area contributed by atoms with E-state index in [1.165, 1.54) is 12.0 Å². The van der Waals surface area contributed by atoms with Crippen molar-refractivity contribution in [2.24, 2.45) is 0 Å². The second-order valence-corrected chi connectivity index (χ2v) is 5.26. The highest BCUT2D eigenvalue weighted by atomic mass is 16.5. The Bertz CT molecular complexity index is 358. The summed E-state index contributed by atoms with van der Waals surface area (Å²) in [6, 6.07) is 5.15. The van der Waals surface area contributed by atoms with Gasteiger partial charge >= 0.3 is 0 Å². The van der Waals surface area contributed by atoms with Crippen LogP contribution in [0.5, 0.6) is 0 Å². The number of rotatable bonds is 6. The maximum absolute atomic E-state index is 5.66. The molecule has 0 saturated carbocycles. The number of hydrogen-bond acceptors (Lipinski definition) is 4.